The molecule has 0 saturated carbocycles. The lowest BCUT2D eigenvalue weighted by atomic mass is 10.0. The SMILES string of the molecule is CC(NC1CN(C)C1)c1ccc(O)cc1. The van der Waals surface area contributed by atoms with E-state index in [0.717, 1.165) is 13.1 Å². The Labute approximate surface area is 90.7 Å². The molecule has 1 aliphatic rings. The molecule has 1 aromatic rings. The number of nitrogens with zero attached hydrogens (tertiary/aromatic N) is 1. The number of aromatic hydroxyl groups is 1. The first-order valence-electron chi connectivity index (χ1n) is 5.38. The fourth-order valence-electron chi connectivity index (χ4n) is 2.02. The normalized spacial score (nSPS) is 19.9. The van der Waals surface area contributed by atoms with E-state index in [-0.39, 0.29) is 0 Å². The molecule has 82 valence electrons. The van der Waals surface area contributed by atoms with Crippen LogP contribution in [0.1, 0.15) is 18.5 Å². The Hall–Kier alpha value is -1.06. The van der Waals surface area contributed by atoms with Crippen LogP contribution in [0.5, 0.6) is 5.75 Å². The van der Waals surface area contributed by atoms with Crippen LogP contribution in [0, 0.1) is 0 Å². The molecule has 0 spiro atoms. The Kier molecular flexibility index (Phi) is 2.93. The maximum absolute atomic E-state index is 9.19. The highest BCUT2D eigenvalue weighted by Crippen LogP contribution is 2.18. The van der Waals surface area contributed by atoms with Gasteiger partial charge in [-0.15, -0.1) is 0 Å². The molecule has 1 fully saturated rings. The van der Waals surface area contributed by atoms with Gasteiger partial charge in [-0.2, -0.15) is 0 Å². The Bertz CT molecular complexity index is 317. The van der Waals surface area contributed by atoms with Crippen molar-refractivity contribution in [2.45, 2.75) is 19.0 Å². The molecule has 3 heteroatoms. The molecular weight excluding hydrogens is 188 g/mol. The van der Waals surface area contributed by atoms with Crippen molar-refractivity contribution in [3.8, 4) is 5.75 Å². The molecule has 3 nitrogen and oxygen atoms in total. The van der Waals surface area contributed by atoms with Crippen molar-refractivity contribution in [3.05, 3.63) is 29.8 Å². The second kappa shape index (κ2) is 4.21. The van der Waals surface area contributed by atoms with Gasteiger partial charge in [-0.1, -0.05) is 12.1 Å². The molecule has 15 heavy (non-hydrogen) atoms. The number of hydrogen-bond donors (Lipinski definition) is 2. The Morgan fingerprint density at radius 3 is 2.47 bits per heavy atom. The lowest BCUT2D eigenvalue weighted by Gasteiger charge is -2.38. The van der Waals surface area contributed by atoms with Crippen LogP contribution in [-0.4, -0.2) is 36.2 Å². The van der Waals surface area contributed by atoms with E-state index in [1.807, 2.05) is 12.1 Å². The minimum Gasteiger partial charge on any atom is -0.508 e. The number of nitrogens with one attached hydrogen (secondary N) is 1. The molecule has 0 radical (unpaired) electrons. The molecule has 1 atom stereocenters. The summed E-state index contributed by atoms with van der Waals surface area (Å²) in [5, 5.41) is 12.7. The summed E-state index contributed by atoms with van der Waals surface area (Å²) >= 11 is 0. The van der Waals surface area contributed by atoms with Crippen LogP contribution in [0.15, 0.2) is 24.3 Å². The minimum atomic E-state index is 0.328. The third kappa shape index (κ3) is 2.49. The topological polar surface area (TPSA) is 35.5 Å². The van der Waals surface area contributed by atoms with E-state index in [0.29, 0.717) is 17.8 Å². The van der Waals surface area contributed by atoms with Gasteiger partial charge in [-0.25, -0.2) is 0 Å². The number of phenolic OH excluding ortho intramolecular Hbond substituents is 1. The quantitative estimate of drug-likeness (QED) is 0.783. The molecule has 0 amide bonds. The number of likely N-dealkylation sites (tertiary alicyclic amines) is 1. The second-order valence-electron chi connectivity index (χ2n) is 4.40. The van der Waals surface area contributed by atoms with Crippen molar-refractivity contribution in [1.82, 2.24) is 10.2 Å². The largest absolute Gasteiger partial charge is 0.508 e. The molecular formula is C12H18N2O. The fourth-order valence-corrected chi connectivity index (χ4v) is 2.02. The highest BCUT2D eigenvalue weighted by atomic mass is 16.3. The zero-order valence-corrected chi connectivity index (χ0v) is 9.27. The van der Waals surface area contributed by atoms with Crippen molar-refractivity contribution in [2.24, 2.45) is 0 Å². The number of rotatable bonds is 3. The molecule has 2 rings (SSSR count). The Morgan fingerprint density at radius 2 is 1.93 bits per heavy atom. The maximum atomic E-state index is 9.19. The first-order chi connectivity index (χ1) is 7.15. The van der Waals surface area contributed by atoms with Crippen LogP contribution >= 0.6 is 0 Å². The molecule has 1 heterocycles. The number of likely N-dealkylation sites (N-methyl/N-ethyl adjacent to an activating group) is 1. The minimum absolute atomic E-state index is 0.328. The van der Waals surface area contributed by atoms with Gasteiger partial charge in [0.1, 0.15) is 5.75 Å². The average Bonchev–Trinajstić information content (AvgIpc) is 2.16. The molecule has 1 saturated heterocycles. The third-order valence-electron chi connectivity index (χ3n) is 2.94. The predicted molar refractivity (Wildman–Crippen MR) is 60.9 cm³/mol. The number of hydrogen-bond acceptors (Lipinski definition) is 3. The predicted octanol–water partition coefficient (Wildman–Crippen LogP) is 1.36. The molecule has 2 N–H and O–H groups in total. The van der Waals surface area contributed by atoms with E-state index in [9.17, 15) is 5.11 Å². The number of phenols is 1. The van der Waals surface area contributed by atoms with E-state index in [1.54, 1.807) is 12.1 Å². The summed E-state index contributed by atoms with van der Waals surface area (Å²) in [5.74, 6) is 0.328. The summed E-state index contributed by atoms with van der Waals surface area (Å²) in [7, 11) is 2.13. The van der Waals surface area contributed by atoms with E-state index in [4.69, 9.17) is 0 Å². The van der Waals surface area contributed by atoms with E-state index in [2.05, 4.69) is 24.2 Å². The van der Waals surface area contributed by atoms with Crippen LogP contribution < -0.4 is 5.32 Å². The first kappa shape index (κ1) is 10.5. The molecule has 1 aliphatic heterocycles. The van der Waals surface area contributed by atoms with Gasteiger partial charge in [0.2, 0.25) is 0 Å². The molecule has 0 bridgehead atoms. The van der Waals surface area contributed by atoms with Gasteiger partial charge in [0.25, 0.3) is 0 Å². The van der Waals surface area contributed by atoms with Crippen molar-refractivity contribution < 1.29 is 5.11 Å². The van der Waals surface area contributed by atoms with Crippen molar-refractivity contribution in [1.29, 1.82) is 0 Å². The maximum Gasteiger partial charge on any atom is 0.115 e. The van der Waals surface area contributed by atoms with Crippen molar-refractivity contribution in [2.75, 3.05) is 20.1 Å². The molecule has 0 aromatic heterocycles. The summed E-state index contributed by atoms with van der Waals surface area (Å²) in [6, 6.07) is 8.37. The van der Waals surface area contributed by atoms with Crippen LogP contribution in [-0.2, 0) is 0 Å². The molecule has 0 aliphatic carbocycles. The van der Waals surface area contributed by atoms with E-state index < -0.39 is 0 Å². The van der Waals surface area contributed by atoms with Crippen LogP contribution in [0.4, 0.5) is 0 Å². The van der Waals surface area contributed by atoms with Gasteiger partial charge in [0, 0.05) is 25.2 Å². The molecule has 1 unspecified atom stereocenters. The highest BCUT2D eigenvalue weighted by Gasteiger charge is 2.24. The molecule has 1 aromatic carbocycles. The Morgan fingerprint density at radius 1 is 1.33 bits per heavy atom. The van der Waals surface area contributed by atoms with Gasteiger partial charge in [-0.05, 0) is 31.7 Å². The lowest BCUT2D eigenvalue weighted by Crippen LogP contribution is -2.56. The second-order valence-corrected chi connectivity index (χ2v) is 4.40. The Balaban J connectivity index is 1.90. The van der Waals surface area contributed by atoms with Gasteiger partial charge in [-0.3, -0.25) is 0 Å². The van der Waals surface area contributed by atoms with Crippen LogP contribution in [0.2, 0.25) is 0 Å². The fraction of sp³-hybridized carbons (Fsp3) is 0.500. The van der Waals surface area contributed by atoms with Gasteiger partial charge in [0.05, 0.1) is 0 Å². The summed E-state index contributed by atoms with van der Waals surface area (Å²) in [6.07, 6.45) is 0. The van der Waals surface area contributed by atoms with Crippen molar-refractivity contribution in [3.63, 3.8) is 0 Å². The monoisotopic (exact) mass is 206 g/mol. The smallest absolute Gasteiger partial charge is 0.115 e. The van der Waals surface area contributed by atoms with Gasteiger partial charge < -0.3 is 15.3 Å². The van der Waals surface area contributed by atoms with Gasteiger partial charge >= 0.3 is 0 Å². The summed E-state index contributed by atoms with van der Waals surface area (Å²) < 4.78 is 0. The van der Waals surface area contributed by atoms with Gasteiger partial charge in [0.15, 0.2) is 0 Å². The summed E-state index contributed by atoms with van der Waals surface area (Å²) in [6.45, 7) is 4.41. The van der Waals surface area contributed by atoms with E-state index >= 15 is 0 Å². The standard InChI is InChI=1S/C12H18N2O/c1-9(13-11-7-14(2)8-11)10-3-5-12(15)6-4-10/h3-6,9,11,13,15H,7-8H2,1-2H3. The third-order valence-corrected chi connectivity index (χ3v) is 2.94. The number of benzene rings is 1. The first-order valence-corrected chi connectivity index (χ1v) is 5.38. The zero-order chi connectivity index (χ0) is 10.8. The van der Waals surface area contributed by atoms with Crippen LogP contribution in [0.25, 0.3) is 0 Å². The average molecular weight is 206 g/mol. The summed E-state index contributed by atoms with van der Waals surface area (Å²) in [5.41, 5.74) is 1.22. The van der Waals surface area contributed by atoms with Crippen molar-refractivity contribution >= 4 is 0 Å². The zero-order valence-electron chi connectivity index (χ0n) is 9.27. The summed E-state index contributed by atoms with van der Waals surface area (Å²) in [4.78, 5) is 2.29. The lowest BCUT2D eigenvalue weighted by molar-refractivity contribution is 0.153. The highest BCUT2D eigenvalue weighted by molar-refractivity contribution is 5.27. The van der Waals surface area contributed by atoms with E-state index in [1.165, 1.54) is 5.56 Å². The van der Waals surface area contributed by atoms with Crippen LogP contribution in [0.3, 0.4) is 0 Å².